The first kappa shape index (κ1) is 18.4. The predicted molar refractivity (Wildman–Crippen MR) is 101 cm³/mol. The van der Waals surface area contributed by atoms with Crippen LogP contribution in [0.4, 0.5) is 10.8 Å². The quantitative estimate of drug-likeness (QED) is 0.579. The second kappa shape index (κ2) is 8.29. The smallest absolute Gasteiger partial charge is 0.234 e. The highest BCUT2D eigenvalue weighted by Crippen LogP contribution is 2.36. The van der Waals surface area contributed by atoms with E-state index in [1.807, 2.05) is 13.0 Å². The molecule has 0 spiro atoms. The van der Waals surface area contributed by atoms with Gasteiger partial charge in [0.2, 0.25) is 16.9 Å². The van der Waals surface area contributed by atoms with E-state index in [9.17, 15) is 9.59 Å². The minimum Gasteiger partial charge on any atom is -0.324 e. The van der Waals surface area contributed by atoms with E-state index in [-0.39, 0.29) is 23.6 Å². The zero-order valence-electron chi connectivity index (χ0n) is 14.1. The van der Waals surface area contributed by atoms with E-state index in [0.29, 0.717) is 27.1 Å². The van der Waals surface area contributed by atoms with E-state index in [1.165, 1.54) is 23.1 Å². The van der Waals surface area contributed by atoms with Gasteiger partial charge in [0.25, 0.3) is 0 Å². The number of carbonyl (C=O) groups is 2. The van der Waals surface area contributed by atoms with Crippen LogP contribution in [0.2, 0.25) is 0 Å². The van der Waals surface area contributed by atoms with Gasteiger partial charge in [-0.15, -0.1) is 10.2 Å². The lowest BCUT2D eigenvalue weighted by Gasteiger charge is -2.17. The molecule has 1 fully saturated rings. The van der Waals surface area contributed by atoms with Crippen molar-refractivity contribution in [2.45, 2.75) is 36.6 Å². The number of nitrogens with one attached hydrogen (secondary N) is 1. The maximum Gasteiger partial charge on any atom is 0.234 e. The van der Waals surface area contributed by atoms with Crippen LogP contribution < -0.4 is 10.2 Å². The Balaban J connectivity index is 1.58. The summed E-state index contributed by atoms with van der Waals surface area (Å²) in [6.45, 7) is 1.83. The average molecular weight is 387 g/mol. The van der Waals surface area contributed by atoms with Crippen LogP contribution in [-0.2, 0) is 9.59 Å². The molecular formula is C17H17N5O2S2. The number of thioether (sulfide) groups is 1. The zero-order chi connectivity index (χ0) is 18.5. The number of nitrogens with zero attached hydrogens (tertiary/aromatic N) is 4. The Morgan fingerprint density at radius 2 is 2.15 bits per heavy atom. The minimum absolute atomic E-state index is 0.0473. The van der Waals surface area contributed by atoms with E-state index < -0.39 is 0 Å². The predicted octanol–water partition coefficient (Wildman–Crippen LogP) is 3.05. The first-order valence-electron chi connectivity index (χ1n) is 8.19. The summed E-state index contributed by atoms with van der Waals surface area (Å²) in [5.41, 5.74) is 0.911. The molecule has 1 heterocycles. The van der Waals surface area contributed by atoms with Gasteiger partial charge in [-0.2, -0.15) is 5.26 Å². The van der Waals surface area contributed by atoms with Crippen molar-refractivity contribution >= 4 is 45.7 Å². The number of rotatable bonds is 7. The summed E-state index contributed by atoms with van der Waals surface area (Å²) in [5, 5.41) is 20.6. The lowest BCUT2D eigenvalue weighted by molar-refractivity contribution is -0.118. The fraction of sp³-hybridized carbons (Fsp3) is 0.353. The third kappa shape index (κ3) is 4.39. The fourth-order valence-corrected chi connectivity index (χ4v) is 4.06. The minimum atomic E-state index is -0.224. The van der Waals surface area contributed by atoms with Crippen molar-refractivity contribution in [3.63, 3.8) is 0 Å². The molecule has 0 radical (unpaired) electrons. The van der Waals surface area contributed by atoms with Crippen LogP contribution >= 0.6 is 23.1 Å². The van der Waals surface area contributed by atoms with E-state index in [4.69, 9.17) is 5.26 Å². The molecule has 2 amide bonds. The first-order chi connectivity index (χ1) is 12.6. The summed E-state index contributed by atoms with van der Waals surface area (Å²) >= 11 is 2.59. The molecule has 1 aliphatic carbocycles. The summed E-state index contributed by atoms with van der Waals surface area (Å²) in [6, 6.07) is 9.12. The van der Waals surface area contributed by atoms with Gasteiger partial charge in [0, 0.05) is 12.5 Å². The summed E-state index contributed by atoms with van der Waals surface area (Å²) < 4.78 is 0.637. The number of nitriles is 1. The molecule has 134 valence electrons. The third-order valence-corrected chi connectivity index (χ3v) is 5.79. The molecular weight excluding hydrogens is 370 g/mol. The average Bonchev–Trinajstić information content (AvgIpc) is 3.38. The molecule has 7 nitrogen and oxygen atoms in total. The van der Waals surface area contributed by atoms with Gasteiger partial charge in [0.05, 0.1) is 17.0 Å². The monoisotopic (exact) mass is 387 g/mol. The summed E-state index contributed by atoms with van der Waals surface area (Å²) in [6.07, 6.45) is 2.42. The number of hydrogen-bond acceptors (Lipinski definition) is 7. The lowest BCUT2D eigenvalue weighted by Crippen LogP contribution is -2.32. The highest BCUT2D eigenvalue weighted by Gasteiger charge is 2.35. The molecule has 0 bridgehead atoms. The van der Waals surface area contributed by atoms with E-state index in [0.717, 1.165) is 12.8 Å². The number of benzene rings is 1. The van der Waals surface area contributed by atoms with Crippen LogP contribution in [0.25, 0.3) is 0 Å². The molecule has 0 atom stereocenters. The number of anilines is 2. The molecule has 3 rings (SSSR count). The van der Waals surface area contributed by atoms with E-state index in [1.54, 1.807) is 29.2 Å². The number of carbonyl (C=O) groups excluding carboxylic acids is 2. The largest absolute Gasteiger partial charge is 0.324 e. The van der Waals surface area contributed by atoms with Crippen LogP contribution in [-0.4, -0.2) is 33.8 Å². The highest BCUT2D eigenvalue weighted by molar-refractivity contribution is 8.01. The first-order valence-corrected chi connectivity index (χ1v) is 10.00. The van der Waals surface area contributed by atoms with Gasteiger partial charge in [0.1, 0.15) is 6.07 Å². The van der Waals surface area contributed by atoms with E-state index in [2.05, 4.69) is 15.5 Å². The van der Waals surface area contributed by atoms with E-state index >= 15 is 0 Å². The van der Waals surface area contributed by atoms with Crippen molar-refractivity contribution in [2.24, 2.45) is 0 Å². The summed E-state index contributed by atoms with van der Waals surface area (Å²) in [4.78, 5) is 25.9. The van der Waals surface area contributed by atoms with Crippen molar-refractivity contribution in [2.75, 3.05) is 16.0 Å². The summed E-state index contributed by atoms with van der Waals surface area (Å²) in [7, 11) is 0. The third-order valence-electron chi connectivity index (χ3n) is 3.73. The maximum absolute atomic E-state index is 12.1. The zero-order valence-corrected chi connectivity index (χ0v) is 15.8. The molecule has 1 aliphatic rings. The Kier molecular flexibility index (Phi) is 5.85. The van der Waals surface area contributed by atoms with Gasteiger partial charge in [0.15, 0.2) is 4.34 Å². The highest BCUT2D eigenvalue weighted by atomic mass is 32.2. The topological polar surface area (TPSA) is 99.0 Å². The molecule has 1 aromatic carbocycles. The summed E-state index contributed by atoms with van der Waals surface area (Å²) in [5.74, 6) is -0.0243. The Morgan fingerprint density at radius 1 is 1.38 bits per heavy atom. The van der Waals surface area contributed by atoms with Crippen molar-refractivity contribution in [3.8, 4) is 6.07 Å². The van der Waals surface area contributed by atoms with Crippen molar-refractivity contribution in [1.29, 1.82) is 5.26 Å². The Bertz CT molecular complexity index is 857. The van der Waals surface area contributed by atoms with Crippen molar-refractivity contribution in [1.82, 2.24) is 10.2 Å². The standard InChI is InChI=1S/C17H17N5O2S2/c1-2-15(24)22(12-7-8-12)16-20-21-17(26-16)25-10-14(23)19-13-6-4-3-5-11(13)9-18/h3-6,12H,2,7-8,10H2,1H3,(H,19,23). The van der Waals surface area contributed by atoms with Gasteiger partial charge in [-0.3, -0.25) is 14.5 Å². The van der Waals surface area contributed by atoms with Crippen LogP contribution in [0.15, 0.2) is 28.6 Å². The number of hydrogen-bond donors (Lipinski definition) is 1. The van der Waals surface area contributed by atoms with Crippen LogP contribution in [0.1, 0.15) is 31.7 Å². The Labute approximate surface area is 159 Å². The molecule has 1 aromatic heterocycles. The number of para-hydroxylation sites is 1. The van der Waals surface area contributed by atoms with Gasteiger partial charge in [-0.1, -0.05) is 42.2 Å². The van der Waals surface area contributed by atoms with Crippen LogP contribution in [0.3, 0.4) is 0 Å². The normalized spacial score (nSPS) is 13.1. The molecule has 26 heavy (non-hydrogen) atoms. The van der Waals surface area contributed by atoms with Gasteiger partial charge < -0.3 is 5.32 Å². The second-order valence-electron chi connectivity index (χ2n) is 5.69. The second-order valence-corrected chi connectivity index (χ2v) is 7.87. The van der Waals surface area contributed by atoms with Crippen molar-refractivity contribution in [3.05, 3.63) is 29.8 Å². The van der Waals surface area contributed by atoms with Gasteiger partial charge in [-0.05, 0) is 25.0 Å². The number of amides is 2. The Morgan fingerprint density at radius 3 is 2.85 bits per heavy atom. The van der Waals surface area contributed by atoms with Crippen molar-refractivity contribution < 1.29 is 9.59 Å². The Hall–Kier alpha value is -2.44. The fourth-order valence-electron chi connectivity index (χ4n) is 2.33. The molecule has 9 heteroatoms. The number of aromatic nitrogens is 2. The van der Waals surface area contributed by atoms with Gasteiger partial charge in [-0.25, -0.2) is 0 Å². The molecule has 0 saturated heterocycles. The van der Waals surface area contributed by atoms with Crippen LogP contribution in [0.5, 0.6) is 0 Å². The van der Waals surface area contributed by atoms with Gasteiger partial charge >= 0.3 is 0 Å². The SMILES string of the molecule is CCC(=O)N(c1nnc(SCC(=O)Nc2ccccc2C#N)s1)C1CC1. The van der Waals surface area contributed by atoms with Crippen LogP contribution in [0, 0.1) is 11.3 Å². The molecule has 0 aliphatic heterocycles. The molecule has 0 unspecified atom stereocenters. The maximum atomic E-state index is 12.1. The molecule has 2 aromatic rings. The molecule has 1 saturated carbocycles. The lowest BCUT2D eigenvalue weighted by atomic mass is 10.2. The molecule has 1 N–H and O–H groups in total.